The van der Waals surface area contributed by atoms with Gasteiger partial charge in [0.05, 0.1) is 38.0 Å². The van der Waals surface area contributed by atoms with Crippen LogP contribution in [-0.2, 0) is 9.53 Å². The minimum Gasteiger partial charge on any atom is -0.493 e. The number of nitrogens with zero attached hydrogens (tertiary/aromatic N) is 5. The third-order valence-electron chi connectivity index (χ3n) is 9.17. The molecule has 6 rings (SSSR count). The number of ether oxygens (including phenoxy) is 2. The summed E-state index contributed by atoms with van der Waals surface area (Å²) >= 11 is 12.7. The van der Waals surface area contributed by atoms with E-state index in [1.165, 1.54) is 0 Å². The van der Waals surface area contributed by atoms with E-state index in [-0.39, 0.29) is 17.4 Å². The maximum atomic E-state index is 14.9. The largest absolute Gasteiger partial charge is 0.493 e. The molecule has 0 aromatic heterocycles. The van der Waals surface area contributed by atoms with Gasteiger partial charge >= 0.3 is 6.03 Å². The summed E-state index contributed by atoms with van der Waals surface area (Å²) < 4.78 is 11.6. The second kappa shape index (κ2) is 16.1. The Morgan fingerprint density at radius 3 is 2.10 bits per heavy atom. The Bertz CT molecular complexity index is 1800. The number of hydrogen-bond acceptors (Lipinski definition) is 6. The minimum atomic E-state index is -0.485. The zero-order valence-corrected chi connectivity index (χ0v) is 31.2. The second-order valence-electron chi connectivity index (χ2n) is 14.0. The van der Waals surface area contributed by atoms with Crippen LogP contribution in [-0.4, -0.2) is 103 Å². The molecule has 268 valence electrons. The molecule has 2 saturated heterocycles. The summed E-state index contributed by atoms with van der Waals surface area (Å²) in [6.45, 7) is 13.4. The monoisotopic (exact) mass is 729 g/mol. The summed E-state index contributed by atoms with van der Waals surface area (Å²) in [5.41, 5.74) is 3.17. The number of amidine groups is 1. The van der Waals surface area contributed by atoms with Gasteiger partial charge in [0.2, 0.25) is 5.91 Å². The highest BCUT2D eigenvalue weighted by atomic mass is 35.5. The lowest BCUT2D eigenvalue weighted by molar-refractivity contribution is -0.136. The number of morpholine rings is 1. The molecule has 0 aliphatic carbocycles. The van der Waals surface area contributed by atoms with Crippen LogP contribution >= 0.6 is 23.2 Å². The van der Waals surface area contributed by atoms with Crippen molar-refractivity contribution in [3.05, 3.63) is 99.0 Å². The van der Waals surface area contributed by atoms with Gasteiger partial charge in [-0.05, 0) is 81.3 Å². The first-order valence-corrected chi connectivity index (χ1v) is 18.3. The average molecular weight is 731 g/mol. The van der Waals surface area contributed by atoms with E-state index in [9.17, 15) is 9.59 Å². The van der Waals surface area contributed by atoms with E-state index in [0.29, 0.717) is 92.8 Å². The fourth-order valence-corrected chi connectivity index (χ4v) is 6.78. The lowest BCUT2D eigenvalue weighted by atomic mass is 9.93. The van der Waals surface area contributed by atoms with Crippen molar-refractivity contribution >= 4 is 41.0 Å². The van der Waals surface area contributed by atoms with E-state index in [4.69, 9.17) is 37.7 Å². The Labute approximate surface area is 311 Å². The molecular weight excluding hydrogens is 685 g/mol. The van der Waals surface area contributed by atoms with Gasteiger partial charge in [0.1, 0.15) is 17.6 Å². The van der Waals surface area contributed by atoms with Gasteiger partial charge in [0, 0.05) is 60.3 Å². The minimum absolute atomic E-state index is 0.0970. The first-order valence-electron chi connectivity index (χ1n) is 17.6. The molecule has 3 heterocycles. The van der Waals surface area contributed by atoms with Gasteiger partial charge in [-0.3, -0.25) is 19.6 Å². The Morgan fingerprint density at radius 2 is 1.49 bits per heavy atom. The summed E-state index contributed by atoms with van der Waals surface area (Å²) in [7, 11) is 0. The molecule has 0 saturated carbocycles. The lowest BCUT2D eigenvalue weighted by Crippen LogP contribution is -2.56. The highest BCUT2D eigenvalue weighted by Crippen LogP contribution is 2.45. The molecule has 2 atom stereocenters. The Balaban J connectivity index is 1.37. The molecular formula is C40H45Cl2N5O4. The zero-order valence-electron chi connectivity index (χ0n) is 29.7. The number of hydrogen-bond donors (Lipinski definition) is 0. The van der Waals surface area contributed by atoms with Crippen LogP contribution < -0.4 is 4.74 Å². The van der Waals surface area contributed by atoms with Crippen LogP contribution in [0.5, 0.6) is 5.75 Å². The molecule has 3 aromatic rings. The quantitative estimate of drug-likeness (QED) is 0.247. The van der Waals surface area contributed by atoms with Crippen molar-refractivity contribution in [1.82, 2.24) is 19.6 Å². The molecule has 0 N–H and O–H groups in total. The van der Waals surface area contributed by atoms with Gasteiger partial charge < -0.3 is 19.3 Å². The van der Waals surface area contributed by atoms with Crippen LogP contribution in [0.1, 0.15) is 62.0 Å². The van der Waals surface area contributed by atoms with Crippen molar-refractivity contribution in [2.75, 3.05) is 65.6 Å². The SMILES string of the molecule is CCOc1cc(C#CC(C)(C)C)ccc1C1=N[C@@H](c2ccc(Cl)cc2)[C@@H](c2ccc(Cl)cc2)N1C(=O)N1CCN(CC(=O)N2CCOCC2)CC1. The zero-order chi connectivity index (χ0) is 36.1. The molecule has 0 unspecified atom stereocenters. The second-order valence-corrected chi connectivity index (χ2v) is 14.9. The van der Waals surface area contributed by atoms with Crippen LogP contribution in [0.25, 0.3) is 0 Å². The van der Waals surface area contributed by atoms with E-state index in [2.05, 4.69) is 37.5 Å². The fourth-order valence-electron chi connectivity index (χ4n) is 6.53. The van der Waals surface area contributed by atoms with Crippen molar-refractivity contribution in [3.63, 3.8) is 0 Å². The van der Waals surface area contributed by atoms with Crippen molar-refractivity contribution in [3.8, 4) is 17.6 Å². The number of aliphatic imine (C=N–C) groups is 1. The maximum absolute atomic E-state index is 14.9. The van der Waals surface area contributed by atoms with Crippen molar-refractivity contribution in [2.45, 2.75) is 39.8 Å². The molecule has 3 aromatic carbocycles. The maximum Gasteiger partial charge on any atom is 0.326 e. The predicted molar refractivity (Wildman–Crippen MR) is 202 cm³/mol. The Hall–Kier alpha value is -4.07. The fraction of sp³-hybridized carbons (Fsp3) is 0.425. The van der Waals surface area contributed by atoms with Crippen LogP contribution in [0.15, 0.2) is 71.7 Å². The number of carbonyl (C=O) groups excluding carboxylic acids is 2. The standard InChI is InChI=1S/C40H45Cl2N5O4/c1-5-51-34-26-28(16-17-40(2,3)4)6-15-33(34)38-43-36(29-7-11-31(41)12-8-29)37(30-9-13-32(42)14-10-30)47(38)39(49)46-20-18-44(19-21-46)27-35(48)45-22-24-50-25-23-45/h6-15,26,36-37H,5,18-25,27H2,1-4H3/t36-,37+/m0/s1. The van der Waals surface area contributed by atoms with Crippen LogP contribution in [0.3, 0.4) is 0 Å². The summed E-state index contributed by atoms with van der Waals surface area (Å²) in [5, 5.41) is 1.22. The number of piperazine rings is 1. The molecule has 51 heavy (non-hydrogen) atoms. The highest BCUT2D eigenvalue weighted by molar-refractivity contribution is 6.30. The van der Waals surface area contributed by atoms with Gasteiger partial charge in [0.15, 0.2) is 0 Å². The number of benzene rings is 3. The third-order valence-corrected chi connectivity index (χ3v) is 9.67. The van der Waals surface area contributed by atoms with Crippen molar-refractivity contribution in [2.24, 2.45) is 10.4 Å². The summed E-state index contributed by atoms with van der Waals surface area (Å²) in [6.07, 6.45) is 0. The molecule has 0 radical (unpaired) electrons. The first-order chi connectivity index (χ1) is 24.5. The van der Waals surface area contributed by atoms with Gasteiger partial charge in [-0.2, -0.15) is 0 Å². The molecule has 2 fully saturated rings. The normalized spacial score (nSPS) is 19.7. The van der Waals surface area contributed by atoms with Crippen molar-refractivity contribution in [1.29, 1.82) is 0 Å². The van der Waals surface area contributed by atoms with E-state index in [0.717, 1.165) is 16.7 Å². The van der Waals surface area contributed by atoms with Crippen molar-refractivity contribution < 1.29 is 19.1 Å². The smallest absolute Gasteiger partial charge is 0.326 e. The first kappa shape index (κ1) is 36.7. The molecule has 11 heteroatoms. The summed E-state index contributed by atoms with van der Waals surface area (Å²) in [5.74, 6) is 7.81. The van der Waals surface area contributed by atoms with Crippen LogP contribution in [0, 0.1) is 17.3 Å². The van der Waals surface area contributed by atoms with Crippen LogP contribution in [0.2, 0.25) is 10.0 Å². The molecule has 9 nitrogen and oxygen atoms in total. The topological polar surface area (TPSA) is 77.9 Å². The Morgan fingerprint density at radius 1 is 0.863 bits per heavy atom. The number of halogens is 2. The molecule has 3 amide bonds. The molecule has 3 aliphatic rings. The van der Waals surface area contributed by atoms with E-state index in [1.54, 1.807) is 0 Å². The third kappa shape index (κ3) is 8.88. The number of carbonyl (C=O) groups is 2. The number of rotatable bonds is 7. The highest BCUT2D eigenvalue weighted by Gasteiger charge is 2.45. The molecule has 3 aliphatic heterocycles. The lowest BCUT2D eigenvalue weighted by Gasteiger charge is -2.39. The summed E-state index contributed by atoms with van der Waals surface area (Å²) in [6, 6.07) is 20.0. The molecule has 0 bridgehead atoms. The van der Waals surface area contributed by atoms with E-state index in [1.807, 2.05) is 88.4 Å². The Kier molecular flexibility index (Phi) is 11.6. The van der Waals surface area contributed by atoms with Crippen LogP contribution in [0.4, 0.5) is 4.79 Å². The van der Waals surface area contributed by atoms with E-state index < -0.39 is 12.1 Å². The number of urea groups is 1. The number of amides is 3. The predicted octanol–water partition coefficient (Wildman–Crippen LogP) is 6.93. The van der Waals surface area contributed by atoms with Gasteiger partial charge in [-0.25, -0.2) is 4.79 Å². The van der Waals surface area contributed by atoms with Gasteiger partial charge in [-0.15, -0.1) is 0 Å². The molecule has 0 spiro atoms. The van der Waals surface area contributed by atoms with Gasteiger partial charge in [0.25, 0.3) is 0 Å². The van der Waals surface area contributed by atoms with Gasteiger partial charge in [-0.1, -0.05) is 59.3 Å². The van der Waals surface area contributed by atoms with E-state index >= 15 is 0 Å². The summed E-state index contributed by atoms with van der Waals surface area (Å²) in [4.78, 5) is 40.9. The average Bonchev–Trinajstić information content (AvgIpc) is 3.52.